The Balaban J connectivity index is 0. The Kier molecular flexibility index (Phi) is 1560. The van der Waals surface area contributed by atoms with E-state index in [4.69, 9.17) is 0 Å². The van der Waals surface area contributed by atoms with E-state index in [1.54, 1.807) is 0 Å². The van der Waals surface area contributed by atoms with Crippen LogP contribution in [0, 0.1) is 0 Å². The summed E-state index contributed by atoms with van der Waals surface area (Å²) >= 11 is 0. The van der Waals surface area contributed by atoms with Gasteiger partial charge in [0.05, 0.1) is 0 Å². The Morgan fingerprint density at radius 2 is 0.571 bits per heavy atom. The molecule has 0 aliphatic carbocycles. The molecule has 0 aromatic rings. The second-order valence-corrected chi connectivity index (χ2v) is 0. The summed E-state index contributed by atoms with van der Waals surface area (Å²) in [5, 5.41) is 0. The van der Waals surface area contributed by atoms with Gasteiger partial charge in [-0.2, -0.15) is 0 Å². The normalized spacial score (nSPS) is 0. The Morgan fingerprint density at radius 3 is 0.571 bits per heavy atom. The van der Waals surface area contributed by atoms with Crippen LogP contribution in [-0.2, 0) is 47.6 Å². The van der Waals surface area contributed by atoms with E-state index in [1.807, 2.05) is 0 Å². The van der Waals surface area contributed by atoms with E-state index in [2.05, 4.69) is 0 Å². The Hall–Kier alpha value is 2.22. The van der Waals surface area contributed by atoms with Crippen LogP contribution in [0.1, 0.15) is 0 Å². The summed E-state index contributed by atoms with van der Waals surface area (Å²) in [5.41, 5.74) is 0. The molecule has 2 radical (unpaired) electrons. The van der Waals surface area contributed by atoms with Gasteiger partial charge in [-0.1, -0.05) is 0 Å². The standard InChI is InChI=1S/Hf.4H2O.Sn.Ti.2H/h;4*1H2;;;;. The smallest absolute Gasteiger partial charge is 0 e. The van der Waals surface area contributed by atoms with Gasteiger partial charge in [-0.15, -0.1) is 0 Å². The van der Waals surface area contributed by atoms with E-state index in [-0.39, 0.29) is 93.4 Å². The monoisotopic (exact) mass is 422 g/mol. The van der Waals surface area contributed by atoms with Gasteiger partial charge in [0.2, 0.25) is 0 Å². The van der Waals surface area contributed by atoms with Crippen LogP contribution in [0.3, 0.4) is 0 Å². The van der Waals surface area contributed by atoms with Gasteiger partial charge in [-0.25, -0.2) is 0 Å². The Morgan fingerprint density at radius 1 is 0.571 bits per heavy atom. The molecule has 0 aliphatic rings. The van der Waals surface area contributed by atoms with Crippen LogP contribution < -0.4 is 0 Å². The fraction of sp³-hybridized carbons (Fsp3) is 0. The predicted octanol–water partition coefficient (Wildman–Crippen LogP) is -4.22. The largest absolute Gasteiger partial charge is 0 e. The molecule has 0 amide bonds. The van der Waals surface area contributed by atoms with Crippen molar-refractivity contribution >= 4 is 23.9 Å². The van der Waals surface area contributed by atoms with Crippen molar-refractivity contribution in [3.8, 4) is 0 Å². The van der Waals surface area contributed by atoms with Gasteiger partial charge in [-0.05, 0) is 0 Å². The minimum Gasteiger partial charge on any atom is 0 e. The second-order valence-electron chi connectivity index (χ2n) is 0. The Labute approximate surface area is 92.3 Å². The van der Waals surface area contributed by atoms with Crippen LogP contribution in [0.4, 0.5) is 0 Å². The van der Waals surface area contributed by atoms with Crippen LogP contribution in [-0.4, -0.2) is 45.8 Å². The molecule has 0 saturated heterocycles. The molecular formula is H10HfO4SnTi. The molecule has 0 atom stereocenters. The summed E-state index contributed by atoms with van der Waals surface area (Å²) in [4.78, 5) is 0. The third-order valence-corrected chi connectivity index (χ3v) is 0. The van der Waals surface area contributed by atoms with Gasteiger partial charge in [-0.3, -0.25) is 0 Å². The van der Waals surface area contributed by atoms with Crippen molar-refractivity contribution in [3.05, 3.63) is 0 Å². The maximum Gasteiger partial charge on any atom is 0 e. The molecule has 8 N–H and O–H groups in total. The molecule has 0 saturated carbocycles. The van der Waals surface area contributed by atoms with Crippen LogP contribution in [0.15, 0.2) is 0 Å². The summed E-state index contributed by atoms with van der Waals surface area (Å²) in [6, 6.07) is 0. The predicted molar refractivity (Wildman–Crippen MR) is 23.0 cm³/mol. The first-order valence-electron chi connectivity index (χ1n) is 0. The van der Waals surface area contributed by atoms with Crippen LogP contribution in [0.2, 0.25) is 0 Å². The zero-order valence-electron chi connectivity index (χ0n) is 3.71. The molecule has 0 unspecified atom stereocenters. The third-order valence-electron chi connectivity index (χ3n) is 0. The molecule has 4 nitrogen and oxygen atoms in total. The number of hydrogen-bond donors (Lipinski definition) is 0. The number of rotatable bonds is 0. The minimum absolute atomic E-state index is 0. The van der Waals surface area contributed by atoms with Crippen molar-refractivity contribution in [2.24, 2.45) is 0 Å². The van der Waals surface area contributed by atoms with E-state index >= 15 is 0 Å². The van der Waals surface area contributed by atoms with Crippen molar-refractivity contribution in [1.82, 2.24) is 0 Å². The SMILES string of the molecule is O.O.O.O.[Hf].[SnH2].[Ti]. The van der Waals surface area contributed by atoms with E-state index in [0.717, 1.165) is 0 Å². The average Bonchev–Trinajstić information content (AvgIpc) is 0. The maximum atomic E-state index is 0. The van der Waals surface area contributed by atoms with Gasteiger partial charge < -0.3 is 21.9 Å². The molecule has 46 valence electrons. The second kappa shape index (κ2) is 86.8. The van der Waals surface area contributed by atoms with Crippen LogP contribution in [0.25, 0.3) is 0 Å². The summed E-state index contributed by atoms with van der Waals surface area (Å²) in [6.07, 6.45) is 0. The van der Waals surface area contributed by atoms with Crippen molar-refractivity contribution in [2.45, 2.75) is 0 Å². The topological polar surface area (TPSA) is 126 Å². The molecule has 0 spiro atoms. The summed E-state index contributed by atoms with van der Waals surface area (Å²) in [5.74, 6) is 0. The quantitative estimate of drug-likeness (QED) is 0.353. The zero-order chi connectivity index (χ0) is 0. The van der Waals surface area contributed by atoms with Crippen molar-refractivity contribution in [3.63, 3.8) is 0 Å². The molecule has 0 fully saturated rings. The van der Waals surface area contributed by atoms with Crippen molar-refractivity contribution < 1.29 is 69.5 Å². The average molecular weight is 419 g/mol. The van der Waals surface area contributed by atoms with E-state index in [1.165, 1.54) is 0 Å². The first-order chi connectivity index (χ1) is 0. The molecule has 0 bridgehead atoms. The first-order valence-corrected chi connectivity index (χ1v) is 0. The van der Waals surface area contributed by atoms with E-state index in [9.17, 15) is 0 Å². The summed E-state index contributed by atoms with van der Waals surface area (Å²) in [6.45, 7) is 0. The fourth-order valence-electron chi connectivity index (χ4n) is 0. The zero-order valence-corrected chi connectivity index (χ0v) is 12.9. The molecule has 0 aromatic heterocycles. The molecule has 7 heavy (non-hydrogen) atoms. The van der Waals surface area contributed by atoms with Gasteiger partial charge in [0, 0.05) is 47.6 Å². The molecule has 0 rings (SSSR count). The third kappa shape index (κ3) is 64.4. The minimum atomic E-state index is 0. The first kappa shape index (κ1) is 126. The summed E-state index contributed by atoms with van der Waals surface area (Å²) < 4.78 is 0. The maximum absolute atomic E-state index is 0. The van der Waals surface area contributed by atoms with Gasteiger partial charge in [0.15, 0.2) is 0 Å². The summed E-state index contributed by atoms with van der Waals surface area (Å²) in [7, 11) is 0. The molecule has 7 heteroatoms. The van der Waals surface area contributed by atoms with Crippen LogP contribution >= 0.6 is 0 Å². The van der Waals surface area contributed by atoms with E-state index < -0.39 is 0 Å². The fourth-order valence-corrected chi connectivity index (χ4v) is 0. The number of hydrogen-bond acceptors (Lipinski definition) is 0. The van der Waals surface area contributed by atoms with Gasteiger partial charge in [0.25, 0.3) is 0 Å². The molecule has 0 aromatic carbocycles. The molecular weight excluding hydrogens is 409 g/mol. The van der Waals surface area contributed by atoms with Crippen molar-refractivity contribution in [2.75, 3.05) is 0 Å². The van der Waals surface area contributed by atoms with Gasteiger partial charge in [0.1, 0.15) is 0 Å². The van der Waals surface area contributed by atoms with Crippen molar-refractivity contribution in [1.29, 1.82) is 0 Å². The van der Waals surface area contributed by atoms with E-state index in [0.29, 0.717) is 0 Å². The van der Waals surface area contributed by atoms with Crippen LogP contribution in [0.5, 0.6) is 0 Å². The molecule has 0 aliphatic heterocycles. The Bertz CT molecular complexity index is 11.7. The van der Waals surface area contributed by atoms with Gasteiger partial charge >= 0.3 is 23.9 Å². The molecule has 0 heterocycles.